The maximum absolute atomic E-state index is 12.7. The Morgan fingerprint density at radius 2 is 2.08 bits per heavy atom. The fraction of sp³-hybridized carbons (Fsp3) is 0.333. The summed E-state index contributed by atoms with van der Waals surface area (Å²) in [6, 6.07) is 7.61. The summed E-state index contributed by atoms with van der Waals surface area (Å²) < 4.78 is 10.6. The fourth-order valence-electron chi connectivity index (χ4n) is 3.10. The summed E-state index contributed by atoms with van der Waals surface area (Å²) in [6.45, 7) is 2.57. The first kappa shape index (κ1) is 15.7. The number of carbonyl (C=O) groups excluding carboxylic acids is 1. The van der Waals surface area contributed by atoms with Gasteiger partial charge in [-0.05, 0) is 29.3 Å². The van der Waals surface area contributed by atoms with Crippen LogP contribution in [0.15, 0.2) is 45.3 Å². The minimum absolute atomic E-state index is 0.239. The van der Waals surface area contributed by atoms with Gasteiger partial charge in [-0.15, -0.1) is 0 Å². The third-order valence-corrected chi connectivity index (χ3v) is 4.40. The predicted octanol–water partition coefficient (Wildman–Crippen LogP) is 1.41. The van der Waals surface area contributed by atoms with Crippen LogP contribution >= 0.6 is 0 Å². The van der Waals surface area contributed by atoms with E-state index in [4.69, 9.17) is 9.47 Å². The monoisotopic (exact) mass is 338 g/mol. The minimum Gasteiger partial charge on any atom is -0.497 e. The van der Waals surface area contributed by atoms with Gasteiger partial charge in [0.25, 0.3) is 5.91 Å². The molecule has 1 atom stereocenters. The van der Waals surface area contributed by atoms with Crippen LogP contribution in [0.4, 0.5) is 0 Å². The number of guanidine groups is 1. The van der Waals surface area contributed by atoms with E-state index in [9.17, 15) is 4.79 Å². The Labute approximate surface area is 145 Å². The second-order valence-electron chi connectivity index (χ2n) is 5.88. The third kappa shape index (κ3) is 2.98. The van der Waals surface area contributed by atoms with Crippen molar-refractivity contribution in [1.82, 2.24) is 4.90 Å². The maximum Gasteiger partial charge on any atom is 0.264 e. The van der Waals surface area contributed by atoms with Gasteiger partial charge < -0.3 is 14.4 Å². The molecule has 1 saturated heterocycles. The number of amides is 1. The van der Waals surface area contributed by atoms with E-state index in [1.165, 1.54) is 0 Å². The van der Waals surface area contributed by atoms with Gasteiger partial charge in [0.15, 0.2) is 0 Å². The number of ether oxygens (including phenoxy) is 2. The van der Waals surface area contributed by atoms with Crippen LogP contribution in [0, 0.1) is 5.92 Å². The SMILES string of the molecule is COc1cccc(C2=CC=NC3=NC(N4CCOCC4)=NC(=O)C23)c1. The number of methoxy groups -OCH3 is 1. The summed E-state index contributed by atoms with van der Waals surface area (Å²) in [4.78, 5) is 27.8. The molecule has 0 saturated carbocycles. The van der Waals surface area contributed by atoms with E-state index in [-0.39, 0.29) is 5.91 Å². The van der Waals surface area contributed by atoms with Crippen LogP contribution < -0.4 is 4.74 Å². The number of allylic oxidation sites excluding steroid dienone is 1. The van der Waals surface area contributed by atoms with Gasteiger partial charge in [0.1, 0.15) is 17.5 Å². The van der Waals surface area contributed by atoms with Crippen molar-refractivity contribution in [3.05, 3.63) is 35.9 Å². The zero-order chi connectivity index (χ0) is 17.2. The molecule has 3 aliphatic heterocycles. The summed E-state index contributed by atoms with van der Waals surface area (Å²) in [5, 5.41) is 0. The molecule has 0 radical (unpaired) electrons. The normalized spacial score (nSPS) is 22.8. The molecule has 128 valence electrons. The second-order valence-corrected chi connectivity index (χ2v) is 5.88. The molecule has 7 heteroatoms. The number of nitrogens with zero attached hydrogens (tertiary/aromatic N) is 4. The van der Waals surface area contributed by atoms with Crippen LogP contribution in [0.3, 0.4) is 0 Å². The van der Waals surface area contributed by atoms with Crippen molar-refractivity contribution in [1.29, 1.82) is 0 Å². The average Bonchev–Trinajstić information content (AvgIpc) is 2.68. The average molecular weight is 338 g/mol. The lowest BCUT2D eigenvalue weighted by atomic mass is 9.88. The van der Waals surface area contributed by atoms with Crippen molar-refractivity contribution in [3.63, 3.8) is 0 Å². The molecule has 4 rings (SSSR count). The van der Waals surface area contributed by atoms with Gasteiger partial charge in [-0.3, -0.25) is 4.79 Å². The lowest BCUT2D eigenvalue weighted by Gasteiger charge is -2.30. The van der Waals surface area contributed by atoms with Crippen LogP contribution in [0.25, 0.3) is 5.57 Å². The highest BCUT2D eigenvalue weighted by molar-refractivity contribution is 6.25. The number of fused-ring (bicyclic) bond motifs is 1. The number of dihydropyridines is 1. The standard InChI is InChI=1S/C18H18N4O3/c1-24-13-4-2-3-12(11-13)14-5-6-19-16-15(14)17(23)21-18(20-16)22-7-9-25-10-8-22/h2-6,11,15H,7-10H2,1H3. The number of amidine groups is 1. The van der Waals surface area contributed by atoms with E-state index in [0.717, 1.165) is 16.9 Å². The van der Waals surface area contributed by atoms with E-state index in [2.05, 4.69) is 15.0 Å². The number of morpholine rings is 1. The number of carbonyl (C=O) groups is 1. The Kier molecular flexibility index (Phi) is 4.15. The van der Waals surface area contributed by atoms with Gasteiger partial charge in [0.2, 0.25) is 5.96 Å². The Balaban J connectivity index is 1.66. The molecule has 1 fully saturated rings. The summed E-state index contributed by atoms with van der Waals surface area (Å²) in [7, 11) is 1.62. The zero-order valence-corrected chi connectivity index (χ0v) is 13.9. The van der Waals surface area contributed by atoms with Crippen molar-refractivity contribution in [2.75, 3.05) is 33.4 Å². The highest BCUT2D eigenvalue weighted by Gasteiger charge is 2.35. The van der Waals surface area contributed by atoms with E-state index in [0.29, 0.717) is 38.1 Å². The molecule has 25 heavy (non-hydrogen) atoms. The van der Waals surface area contributed by atoms with Crippen molar-refractivity contribution >= 4 is 29.5 Å². The molecule has 0 aliphatic carbocycles. The van der Waals surface area contributed by atoms with Crippen LogP contribution in [0.5, 0.6) is 5.75 Å². The molecule has 0 bridgehead atoms. The van der Waals surface area contributed by atoms with Gasteiger partial charge in [0.05, 0.1) is 20.3 Å². The van der Waals surface area contributed by atoms with Crippen LogP contribution in [0.1, 0.15) is 5.56 Å². The van der Waals surface area contributed by atoms with Crippen LogP contribution in [-0.2, 0) is 9.53 Å². The number of hydrogen-bond donors (Lipinski definition) is 0. The van der Waals surface area contributed by atoms with Gasteiger partial charge in [-0.2, -0.15) is 9.98 Å². The van der Waals surface area contributed by atoms with Gasteiger partial charge in [-0.1, -0.05) is 12.1 Å². The smallest absolute Gasteiger partial charge is 0.264 e. The first-order chi connectivity index (χ1) is 12.3. The Morgan fingerprint density at radius 1 is 1.24 bits per heavy atom. The predicted molar refractivity (Wildman–Crippen MR) is 95.2 cm³/mol. The molecule has 0 N–H and O–H groups in total. The van der Waals surface area contributed by atoms with Crippen molar-refractivity contribution < 1.29 is 14.3 Å². The molecule has 1 aromatic carbocycles. The lowest BCUT2D eigenvalue weighted by molar-refractivity contribution is -0.118. The van der Waals surface area contributed by atoms with E-state index >= 15 is 0 Å². The molecule has 1 amide bonds. The molecule has 0 aromatic heterocycles. The van der Waals surface area contributed by atoms with Gasteiger partial charge in [-0.25, -0.2) is 4.99 Å². The lowest BCUT2D eigenvalue weighted by Crippen LogP contribution is -2.43. The number of rotatable bonds is 2. The maximum atomic E-state index is 12.7. The van der Waals surface area contributed by atoms with E-state index < -0.39 is 5.92 Å². The molecule has 7 nitrogen and oxygen atoms in total. The van der Waals surface area contributed by atoms with E-state index in [1.54, 1.807) is 13.3 Å². The second kappa shape index (κ2) is 6.60. The number of benzene rings is 1. The van der Waals surface area contributed by atoms with Crippen molar-refractivity contribution in [3.8, 4) is 5.75 Å². The number of aliphatic imine (C=N–C) groups is 3. The largest absolute Gasteiger partial charge is 0.497 e. The van der Waals surface area contributed by atoms with Crippen LogP contribution in [-0.4, -0.2) is 62.2 Å². The molecular formula is C18H18N4O3. The van der Waals surface area contributed by atoms with Crippen molar-refractivity contribution in [2.45, 2.75) is 0 Å². The fourth-order valence-corrected chi connectivity index (χ4v) is 3.10. The molecule has 0 spiro atoms. The quantitative estimate of drug-likeness (QED) is 0.817. The summed E-state index contributed by atoms with van der Waals surface area (Å²) in [5.74, 6) is 0.852. The first-order valence-electron chi connectivity index (χ1n) is 8.19. The minimum atomic E-state index is -0.568. The van der Waals surface area contributed by atoms with E-state index in [1.807, 2.05) is 35.2 Å². The number of hydrogen-bond acceptors (Lipinski definition) is 6. The highest BCUT2D eigenvalue weighted by atomic mass is 16.5. The Bertz CT molecular complexity index is 819. The summed E-state index contributed by atoms with van der Waals surface area (Å²) in [6.07, 6.45) is 3.52. The van der Waals surface area contributed by atoms with Crippen LogP contribution in [0.2, 0.25) is 0 Å². The van der Waals surface area contributed by atoms with Crippen molar-refractivity contribution in [2.24, 2.45) is 20.9 Å². The highest BCUT2D eigenvalue weighted by Crippen LogP contribution is 2.32. The Morgan fingerprint density at radius 3 is 2.88 bits per heavy atom. The molecular weight excluding hydrogens is 320 g/mol. The zero-order valence-electron chi connectivity index (χ0n) is 13.9. The molecule has 3 heterocycles. The molecule has 1 unspecified atom stereocenters. The van der Waals surface area contributed by atoms with Gasteiger partial charge in [0, 0.05) is 19.3 Å². The summed E-state index contributed by atoms with van der Waals surface area (Å²) in [5.41, 5.74) is 1.74. The van der Waals surface area contributed by atoms with Gasteiger partial charge >= 0.3 is 0 Å². The first-order valence-corrected chi connectivity index (χ1v) is 8.19. The topological polar surface area (TPSA) is 75.8 Å². The Hall–Kier alpha value is -2.80. The summed E-state index contributed by atoms with van der Waals surface area (Å²) >= 11 is 0. The molecule has 1 aromatic rings. The third-order valence-electron chi connectivity index (χ3n) is 4.40. The molecule has 3 aliphatic rings.